The second-order valence-corrected chi connectivity index (χ2v) is 5.67. The van der Waals surface area contributed by atoms with E-state index in [1.54, 1.807) is 0 Å². The highest BCUT2D eigenvalue weighted by Gasteiger charge is 2.17. The molecule has 3 aromatic carbocycles. The van der Waals surface area contributed by atoms with Crippen LogP contribution in [0.1, 0.15) is 0 Å². The van der Waals surface area contributed by atoms with E-state index < -0.39 is 0 Å². The molecule has 0 aliphatic heterocycles. The molecule has 1 heterocycles. The first-order valence-corrected chi connectivity index (χ1v) is 7.64. The third kappa shape index (κ3) is 2.23. The summed E-state index contributed by atoms with van der Waals surface area (Å²) in [7, 11) is 2.06. The van der Waals surface area contributed by atoms with Gasteiger partial charge in [0.05, 0.1) is 5.69 Å². The van der Waals surface area contributed by atoms with E-state index in [0.717, 1.165) is 11.3 Å². The SMILES string of the molecule is Cn1c(-c2ccc(F)cc2)c(-c2ccccc2)c2ccccc21. The van der Waals surface area contributed by atoms with Gasteiger partial charge in [-0.05, 0) is 41.5 Å². The lowest BCUT2D eigenvalue weighted by molar-refractivity contribution is 0.628. The highest BCUT2D eigenvalue weighted by Crippen LogP contribution is 2.40. The largest absolute Gasteiger partial charge is 0.343 e. The van der Waals surface area contributed by atoms with Gasteiger partial charge < -0.3 is 4.57 Å². The maximum atomic E-state index is 13.3. The Balaban J connectivity index is 2.10. The lowest BCUT2D eigenvalue weighted by Crippen LogP contribution is -1.92. The van der Waals surface area contributed by atoms with Crippen LogP contribution in [0.4, 0.5) is 4.39 Å². The number of aromatic nitrogens is 1. The molecular weight excluding hydrogens is 285 g/mol. The normalized spacial score (nSPS) is 11.0. The van der Waals surface area contributed by atoms with Crippen LogP contribution in [0.2, 0.25) is 0 Å². The molecule has 0 aliphatic rings. The average Bonchev–Trinajstić information content (AvgIpc) is 2.90. The molecule has 4 aromatic rings. The predicted octanol–water partition coefficient (Wildman–Crippen LogP) is 5.65. The minimum atomic E-state index is -0.214. The quantitative estimate of drug-likeness (QED) is 0.451. The monoisotopic (exact) mass is 301 g/mol. The van der Waals surface area contributed by atoms with E-state index in [1.165, 1.54) is 34.2 Å². The van der Waals surface area contributed by atoms with Crippen molar-refractivity contribution < 1.29 is 4.39 Å². The Bertz CT molecular complexity index is 966. The summed E-state index contributed by atoms with van der Waals surface area (Å²) in [5.74, 6) is -0.214. The molecule has 1 nitrogen and oxygen atoms in total. The van der Waals surface area contributed by atoms with Gasteiger partial charge in [0.15, 0.2) is 0 Å². The molecule has 2 heteroatoms. The van der Waals surface area contributed by atoms with Crippen LogP contribution < -0.4 is 0 Å². The third-order valence-corrected chi connectivity index (χ3v) is 4.29. The van der Waals surface area contributed by atoms with E-state index in [0.29, 0.717) is 0 Å². The predicted molar refractivity (Wildman–Crippen MR) is 93.7 cm³/mol. The van der Waals surface area contributed by atoms with Gasteiger partial charge in [0.1, 0.15) is 5.82 Å². The third-order valence-electron chi connectivity index (χ3n) is 4.29. The molecule has 0 radical (unpaired) electrons. The second-order valence-electron chi connectivity index (χ2n) is 5.67. The van der Waals surface area contributed by atoms with E-state index in [4.69, 9.17) is 0 Å². The number of hydrogen-bond acceptors (Lipinski definition) is 0. The number of nitrogens with zero attached hydrogens (tertiary/aromatic N) is 1. The van der Waals surface area contributed by atoms with Crippen molar-refractivity contribution in [2.45, 2.75) is 0 Å². The van der Waals surface area contributed by atoms with Crippen LogP contribution >= 0.6 is 0 Å². The first-order chi connectivity index (χ1) is 11.3. The molecule has 0 atom stereocenters. The number of para-hydroxylation sites is 1. The van der Waals surface area contributed by atoms with Crippen LogP contribution in [0, 0.1) is 5.82 Å². The van der Waals surface area contributed by atoms with E-state index in [2.05, 4.69) is 41.9 Å². The fraction of sp³-hybridized carbons (Fsp3) is 0.0476. The van der Waals surface area contributed by atoms with Crippen molar-refractivity contribution in [2.75, 3.05) is 0 Å². The molecule has 112 valence electrons. The van der Waals surface area contributed by atoms with Gasteiger partial charge in [-0.1, -0.05) is 48.5 Å². The van der Waals surface area contributed by atoms with E-state index in [9.17, 15) is 4.39 Å². The molecule has 0 saturated heterocycles. The molecule has 0 saturated carbocycles. The highest BCUT2D eigenvalue weighted by molar-refractivity contribution is 6.04. The Kier molecular flexibility index (Phi) is 3.23. The van der Waals surface area contributed by atoms with Gasteiger partial charge in [-0.3, -0.25) is 0 Å². The zero-order valence-electron chi connectivity index (χ0n) is 12.8. The lowest BCUT2D eigenvalue weighted by atomic mass is 9.98. The molecule has 0 unspecified atom stereocenters. The summed E-state index contributed by atoms with van der Waals surface area (Å²) in [4.78, 5) is 0. The fourth-order valence-electron chi connectivity index (χ4n) is 3.24. The van der Waals surface area contributed by atoms with Crippen molar-refractivity contribution in [2.24, 2.45) is 7.05 Å². The van der Waals surface area contributed by atoms with E-state index >= 15 is 0 Å². The van der Waals surface area contributed by atoms with E-state index in [1.807, 2.05) is 36.4 Å². The zero-order valence-corrected chi connectivity index (χ0v) is 12.8. The summed E-state index contributed by atoms with van der Waals surface area (Å²) in [5, 5.41) is 1.21. The van der Waals surface area contributed by atoms with Crippen LogP contribution in [-0.2, 0) is 7.05 Å². The lowest BCUT2D eigenvalue weighted by Gasteiger charge is -2.09. The van der Waals surface area contributed by atoms with Gasteiger partial charge in [0.25, 0.3) is 0 Å². The van der Waals surface area contributed by atoms with Gasteiger partial charge in [-0.2, -0.15) is 0 Å². The number of rotatable bonds is 2. The van der Waals surface area contributed by atoms with Gasteiger partial charge in [0.2, 0.25) is 0 Å². The summed E-state index contributed by atoms with van der Waals surface area (Å²) >= 11 is 0. The summed E-state index contributed by atoms with van der Waals surface area (Å²) in [6.45, 7) is 0. The molecule has 0 amide bonds. The Labute approximate surface area is 134 Å². The van der Waals surface area contributed by atoms with Crippen LogP contribution in [-0.4, -0.2) is 4.57 Å². The van der Waals surface area contributed by atoms with Crippen molar-refractivity contribution in [3.05, 3.63) is 84.7 Å². The van der Waals surface area contributed by atoms with E-state index in [-0.39, 0.29) is 5.82 Å². The topological polar surface area (TPSA) is 4.93 Å². The number of benzene rings is 3. The first kappa shape index (κ1) is 13.8. The van der Waals surface area contributed by atoms with Crippen LogP contribution in [0.25, 0.3) is 33.3 Å². The van der Waals surface area contributed by atoms with Crippen molar-refractivity contribution in [1.82, 2.24) is 4.57 Å². The van der Waals surface area contributed by atoms with Gasteiger partial charge in [-0.25, -0.2) is 4.39 Å². The molecule has 0 aliphatic carbocycles. The Morgan fingerprint density at radius 2 is 1.35 bits per heavy atom. The van der Waals surface area contributed by atoms with Gasteiger partial charge in [-0.15, -0.1) is 0 Å². The minimum Gasteiger partial charge on any atom is -0.343 e. The van der Waals surface area contributed by atoms with Gasteiger partial charge in [0, 0.05) is 23.5 Å². The highest BCUT2D eigenvalue weighted by atomic mass is 19.1. The fourth-order valence-corrected chi connectivity index (χ4v) is 3.24. The number of hydrogen-bond donors (Lipinski definition) is 0. The first-order valence-electron chi connectivity index (χ1n) is 7.64. The van der Waals surface area contributed by atoms with Crippen LogP contribution in [0.3, 0.4) is 0 Å². The van der Waals surface area contributed by atoms with Crippen LogP contribution in [0.15, 0.2) is 78.9 Å². The summed E-state index contributed by atoms with van der Waals surface area (Å²) in [5.41, 5.74) is 5.66. The molecule has 4 rings (SSSR count). The maximum Gasteiger partial charge on any atom is 0.123 e. The molecule has 1 aromatic heterocycles. The molecule has 23 heavy (non-hydrogen) atoms. The maximum absolute atomic E-state index is 13.3. The second kappa shape index (κ2) is 5.40. The Morgan fingerprint density at radius 3 is 2.09 bits per heavy atom. The average molecular weight is 301 g/mol. The Hall–Kier alpha value is -2.87. The molecular formula is C21H16FN. The van der Waals surface area contributed by atoms with Crippen molar-refractivity contribution >= 4 is 10.9 Å². The summed E-state index contributed by atoms with van der Waals surface area (Å²) in [6, 6.07) is 25.4. The molecule has 0 bridgehead atoms. The smallest absolute Gasteiger partial charge is 0.123 e. The zero-order chi connectivity index (χ0) is 15.8. The van der Waals surface area contributed by atoms with Gasteiger partial charge >= 0.3 is 0 Å². The number of halogens is 1. The minimum absolute atomic E-state index is 0.214. The summed E-state index contributed by atoms with van der Waals surface area (Å²) in [6.07, 6.45) is 0. The van der Waals surface area contributed by atoms with Crippen LogP contribution in [0.5, 0.6) is 0 Å². The molecule has 0 N–H and O–H groups in total. The van der Waals surface area contributed by atoms with Crippen molar-refractivity contribution in [3.63, 3.8) is 0 Å². The number of fused-ring (bicyclic) bond motifs is 1. The molecule has 0 spiro atoms. The molecule has 0 fully saturated rings. The van der Waals surface area contributed by atoms with Crippen molar-refractivity contribution in [1.29, 1.82) is 0 Å². The van der Waals surface area contributed by atoms with Crippen molar-refractivity contribution in [3.8, 4) is 22.4 Å². The summed E-state index contributed by atoms with van der Waals surface area (Å²) < 4.78 is 15.5. The number of aryl methyl sites for hydroxylation is 1. The standard InChI is InChI=1S/C21H16FN/c1-23-19-10-6-5-9-18(19)20(15-7-3-2-4-8-15)21(23)16-11-13-17(22)14-12-16/h2-14H,1H3. The Morgan fingerprint density at radius 1 is 0.696 bits per heavy atom.